The van der Waals surface area contributed by atoms with Crippen LogP contribution in [0.15, 0.2) is 18.2 Å². The lowest BCUT2D eigenvalue weighted by Gasteiger charge is -2.26. The average Bonchev–Trinajstić information content (AvgIpc) is 2.85. The number of benzene rings is 1. The molecule has 2 rings (SSSR count). The second-order valence-corrected chi connectivity index (χ2v) is 5.91. The Labute approximate surface area is 115 Å². The number of hydrogen-bond donors (Lipinski definition) is 1. The highest BCUT2D eigenvalue weighted by atomic mass is 19.1. The lowest BCUT2D eigenvalue weighted by molar-refractivity contribution is 0.100. The summed E-state index contributed by atoms with van der Waals surface area (Å²) in [5.41, 5.74) is 7.41. The molecule has 1 aliphatic heterocycles. The molecule has 1 aromatic carbocycles. The van der Waals surface area contributed by atoms with Crippen LogP contribution in [0.25, 0.3) is 0 Å². The third-order valence-electron chi connectivity index (χ3n) is 4.08. The van der Waals surface area contributed by atoms with Crippen molar-refractivity contribution in [2.45, 2.75) is 57.6 Å². The predicted octanol–water partition coefficient (Wildman–Crippen LogP) is 3.66. The number of nitrogens with two attached hydrogens (primary N) is 1. The standard InChI is InChI=1S/C16H24FNO/c1-12-7-8-13(11-15(12)17)16(2,18)9-3-5-14-6-4-10-19-14/h7-8,11,14H,3-6,9-10,18H2,1-2H3. The van der Waals surface area contributed by atoms with E-state index in [-0.39, 0.29) is 5.82 Å². The number of ether oxygens (including phenoxy) is 1. The van der Waals surface area contributed by atoms with Crippen LogP contribution in [0.5, 0.6) is 0 Å². The third kappa shape index (κ3) is 3.77. The van der Waals surface area contributed by atoms with E-state index in [0.717, 1.165) is 31.4 Å². The van der Waals surface area contributed by atoms with Gasteiger partial charge in [0.25, 0.3) is 0 Å². The molecule has 3 heteroatoms. The number of rotatable bonds is 5. The minimum Gasteiger partial charge on any atom is -0.378 e. The molecule has 0 saturated carbocycles. The van der Waals surface area contributed by atoms with E-state index in [2.05, 4.69) is 0 Å². The molecule has 1 heterocycles. The van der Waals surface area contributed by atoms with E-state index in [1.807, 2.05) is 13.0 Å². The van der Waals surface area contributed by atoms with Gasteiger partial charge in [0.05, 0.1) is 6.10 Å². The second kappa shape index (κ2) is 6.02. The molecule has 106 valence electrons. The number of halogens is 1. The van der Waals surface area contributed by atoms with E-state index in [1.165, 1.54) is 12.8 Å². The van der Waals surface area contributed by atoms with Gasteiger partial charge in [-0.2, -0.15) is 0 Å². The highest BCUT2D eigenvalue weighted by Crippen LogP contribution is 2.27. The molecule has 0 radical (unpaired) electrons. The molecule has 0 aromatic heterocycles. The molecule has 2 unspecified atom stereocenters. The minimum atomic E-state index is -0.465. The Morgan fingerprint density at radius 3 is 2.89 bits per heavy atom. The van der Waals surface area contributed by atoms with Crippen molar-refractivity contribution in [3.05, 3.63) is 35.1 Å². The first-order valence-electron chi connectivity index (χ1n) is 7.16. The first kappa shape index (κ1) is 14.5. The zero-order valence-corrected chi connectivity index (χ0v) is 11.9. The van der Waals surface area contributed by atoms with E-state index in [0.29, 0.717) is 11.7 Å². The summed E-state index contributed by atoms with van der Waals surface area (Å²) in [6.45, 7) is 4.64. The summed E-state index contributed by atoms with van der Waals surface area (Å²) in [5.74, 6) is -0.173. The Bertz CT molecular complexity index is 425. The van der Waals surface area contributed by atoms with Gasteiger partial charge in [-0.3, -0.25) is 0 Å². The van der Waals surface area contributed by atoms with Crippen LogP contribution in [0.2, 0.25) is 0 Å². The predicted molar refractivity (Wildman–Crippen MR) is 75.5 cm³/mol. The van der Waals surface area contributed by atoms with E-state index in [1.54, 1.807) is 19.1 Å². The molecule has 0 aliphatic carbocycles. The number of hydrogen-bond acceptors (Lipinski definition) is 2. The molecule has 1 fully saturated rings. The van der Waals surface area contributed by atoms with Crippen LogP contribution in [0.3, 0.4) is 0 Å². The summed E-state index contributed by atoms with van der Waals surface area (Å²) < 4.78 is 19.2. The summed E-state index contributed by atoms with van der Waals surface area (Å²) in [6, 6.07) is 5.31. The normalized spacial score (nSPS) is 22.4. The molecule has 2 nitrogen and oxygen atoms in total. The molecule has 1 aliphatic rings. The Morgan fingerprint density at radius 1 is 1.47 bits per heavy atom. The van der Waals surface area contributed by atoms with Crippen LogP contribution in [0, 0.1) is 12.7 Å². The summed E-state index contributed by atoms with van der Waals surface area (Å²) in [6.07, 6.45) is 5.68. The van der Waals surface area contributed by atoms with Gasteiger partial charge in [0.15, 0.2) is 0 Å². The average molecular weight is 265 g/mol. The van der Waals surface area contributed by atoms with Crippen LogP contribution >= 0.6 is 0 Å². The zero-order valence-electron chi connectivity index (χ0n) is 11.9. The fourth-order valence-corrected chi connectivity index (χ4v) is 2.66. The van der Waals surface area contributed by atoms with Gasteiger partial charge in [-0.25, -0.2) is 4.39 Å². The Hall–Kier alpha value is -0.930. The van der Waals surface area contributed by atoms with Crippen molar-refractivity contribution < 1.29 is 9.13 Å². The Balaban J connectivity index is 1.90. The molecular weight excluding hydrogens is 241 g/mol. The molecule has 0 bridgehead atoms. The smallest absolute Gasteiger partial charge is 0.126 e. The van der Waals surface area contributed by atoms with E-state index < -0.39 is 5.54 Å². The first-order valence-corrected chi connectivity index (χ1v) is 7.16. The van der Waals surface area contributed by atoms with Crippen molar-refractivity contribution in [2.24, 2.45) is 5.73 Å². The van der Waals surface area contributed by atoms with Gasteiger partial charge in [-0.1, -0.05) is 12.1 Å². The molecule has 2 atom stereocenters. The number of aryl methyl sites for hydroxylation is 1. The van der Waals surface area contributed by atoms with Crippen molar-refractivity contribution in [1.29, 1.82) is 0 Å². The van der Waals surface area contributed by atoms with Crippen LogP contribution < -0.4 is 5.73 Å². The van der Waals surface area contributed by atoms with Crippen LogP contribution in [0.4, 0.5) is 4.39 Å². The van der Waals surface area contributed by atoms with E-state index >= 15 is 0 Å². The van der Waals surface area contributed by atoms with Gasteiger partial charge in [0.1, 0.15) is 5.82 Å². The van der Waals surface area contributed by atoms with Crippen molar-refractivity contribution in [3.63, 3.8) is 0 Å². The van der Waals surface area contributed by atoms with Gasteiger partial charge >= 0.3 is 0 Å². The van der Waals surface area contributed by atoms with Gasteiger partial charge in [-0.15, -0.1) is 0 Å². The summed E-state index contributed by atoms with van der Waals surface area (Å²) >= 11 is 0. The second-order valence-electron chi connectivity index (χ2n) is 5.91. The lowest BCUT2D eigenvalue weighted by Crippen LogP contribution is -2.33. The molecule has 0 spiro atoms. The van der Waals surface area contributed by atoms with Gasteiger partial charge in [0.2, 0.25) is 0 Å². The lowest BCUT2D eigenvalue weighted by atomic mass is 9.87. The first-order chi connectivity index (χ1) is 8.99. The fourth-order valence-electron chi connectivity index (χ4n) is 2.66. The van der Waals surface area contributed by atoms with Crippen LogP contribution in [0.1, 0.15) is 50.2 Å². The maximum absolute atomic E-state index is 13.6. The van der Waals surface area contributed by atoms with Gasteiger partial charge in [0, 0.05) is 12.1 Å². The topological polar surface area (TPSA) is 35.2 Å². The minimum absolute atomic E-state index is 0.173. The summed E-state index contributed by atoms with van der Waals surface area (Å²) in [5, 5.41) is 0. The Kier molecular flexibility index (Phi) is 4.58. The highest BCUT2D eigenvalue weighted by Gasteiger charge is 2.23. The molecule has 19 heavy (non-hydrogen) atoms. The fraction of sp³-hybridized carbons (Fsp3) is 0.625. The van der Waals surface area contributed by atoms with Crippen LogP contribution in [-0.4, -0.2) is 12.7 Å². The summed E-state index contributed by atoms with van der Waals surface area (Å²) in [4.78, 5) is 0. The van der Waals surface area contributed by atoms with E-state index in [9.17, 15) is 4.39 Å². The van der Waals surface area contributed by atoms with E-state index in [4.69, 9.17) is 10.5 Å². The van der Waals surface area contributed by atoms with Gasteiger partial charge in [-0.05, 0) is 63.1 Å². The van der Waals surface area contributed by atoms with Crippen molar-refractivity contribution in [1.82, 2.24) is 0 Å². The maximum atomic E-state index is 13.6. The van der Waals surface area contributed by atoms with Crippen molar-refractivity contribution in [3.8, 4) is 0 Å². The Morgan fingerprint density at radius 2 is 2.26 bits per heavy atom. The molecule has 2 N–H and O–H groups in total. The SMILES string of the molecule is Cc1ccc(C(C)(N)CCCC2CCCO2)cc1F. The highest BCUT2D eigenvalue weighted by molar-refractivity contribution is 5.28. The zero-order chi connectivity index (χ0) is 13.9. The third-order valence-corrected chi connectivity index (χ3v) is 4.08. The monoisotopic (exact) mass is 265 g/mol. The molecule has 0 amide bonds. The molecule has 1 aromatic rings. The van der Waals surface area contributed by atoms with Crippen LogP contribution in [-0.2, 0) is 10.3 Å². The van der Waals surface area contributed by atoms with Crippen molar-refractivity contribution >= 4 is 0 Å². The molecular formula is C16H24FNO. The quantitative estimate of drug-likeness (QED) is 0.882. The largest absolute Gasteiger partial charge is 0.378 e. The van der Waals surface area contributed by atoms with Gasteiger partial charge < -0.3 is 10.5 Å². The van der Waals surface area contributed by atoms with Crippen molar-refractivity contribution in [2.75, 3.05) is 6.61 Å². The summed E-state index contributed by atoms with van der Waals surface area (Å²) in [7, 11) is 0. The maximum Gasteiger partial charge on any atom is 0.126 e. The molecule has 1 saturated heterocycles.